The fourth-order valence-corrected chi connectivity index (χ4v) is 2.23. The van der Waals surface area contributed by atoms with Crippen molar-refractivity contribution in [3.63, 3.8) is 0 Å². The molecule has 3 aromatic rings. The van der Waals surface area contributed by atoms with Gasteiger partial charge in [0, 0.05) is 21.7 Å². The SMILES string of the molecule is Cc1cc(C(=O)Nc2nnc(-c3cc(Cl)cc(Cl)c3)o2)no1. The molecule has 0 aliphatic rings. The second-order valence-corrected chi connectivity index (χ2v) is 5.22. The van der Waals surface area contributed by atoms with Crippen molar-refractivity contribution >= 4 is 35.1 Å². The minimum absolute atomic E-state index is 0.0725. The van der Waals surface area contributed by atoms with E-state index in [0.29, 0.717) is 21.4 Å². The van der Waals surface area contributed by atoms with Crippen LogP contribution in [0.2, 0.25) is 10.0 Å². The Bertz CT molecular complexity index is 823. The number of anilines is 1. The minimum atomic E-state index is -0.517. The van der Waals surface area contributed by atoms with Gasteiger partial charge in [0.05, 0.1) is 0 Å². The maximum atomic E-state index is 11.9. The second-order valence-electron chi connectivity index (χ2n) is 4.35. The average molecular weight is 339 g/mol. The third kappa shape index (κ3) is 3.10. The first-order valence-electron chi connectivity index (χ1n) is 6.06. The molecule has 0 fully saturated rings. The predicted octanol–water partition coefficient (Wildman–Crippen LogP) is 3.59. The van der Waals surface area contributed by atoms with E-state index in [1.807, 2.05) is 0 Å². The first-order chi connectivity index (χ1) is 10.5. The molecule has 112 valence electrons. The molecule has 2 heterocycles. The first-order valence-corrected chi connectivity index (χ1v) is 6.81. The number of benzene rings is 1. The molecule has 2 aromatic heterocycles. The number of aryl methyl sites for hydroxylation is 1. The highest BCUT2D eigenvalue weighted by Crippen LogP contribution is 2.27. The molecule has 0 unspecified atom stereocenters. The smallest absolute Gasteiger partial charge is 0.322 e. The summed E-state index contributed by atoms with van der Waals surface area (Å²) < 4.78 is 10.2. The Morgan fingerprint density at radius 2 is 1.86 bits per heavy atom. The van der Waals surface area contributed by atoms with Gasteiger partial charge in [0.15, 0.2) is 5.69 Å². The zero-order valence-electron chi connectivity index (χ0n) is 11.1. The van der Waals surface area contributed by atoms with Crippen LogP contribution in [0.5, 0.6) is 0 Å². The number of rotatable bonds is 3. The van der Waals surface area contributed by atoms with Crippen LogP contribution in [0.25, 0.3) is 11.5 Å². The summed E-state index contributed by atoms with van der Waals surface area (Å²) in [4.78, 5) is 11.9. The molecular formula is C13H8Cl2N4O3. The van der Waals surface area contributed by atoms with E-state index in [2.05, 4.69) is 20.7 Å². The van der Waals surface area contributed by atoms with E-state index in [9.17, 15) is 4.79 Å². The molecule has 7 nitrogen and oxygen atoms in total. The summed E-state index contributed by atoms with van der Waals surface area (Å²) in [5.74, 6) is 0.178. The Kier molecular flexibility index (Phi) is 3.82. The van der Waals surface area contributed by atoms with E-state index < -0.39 is 5.91 Å². The molecule has 3 rings (SSSR count). The van der Waals surface area contributed by atoms with Gasteiger partial charge >= 0.3 is 6.01 Å². The molecule has 1 amide bonds. The number of nitrogens with zero attached hydrogens (tertiary/aromatic N) is 3. The fraction of sp³-hybridized carbons (Fsp3) is 0.0769. The Morgan fingerprint density at radius 1 is 1.14 bits per heavy atom. The highest BCUT2D eigenvalue weighted by molar-refractivity contribution is 6.35. The number of amides is 1. The summed E-state index contributed by atoms with van der Waals surface area (Å²) in [5, 5.41) is 14.4. The topological polar surface area (TPSA) is 94.1 Å². The normalized spacial score (nSPS) is 10.7. The van der Waals surface area contributed by atoms with Gasteiger partial charge < -0.3 is 8.94 Å². The number of carbonyl (C=O) groups excluding carboxylic acids is 1. The van der Waals surface area contributed by atoms with E-state index in [-0.39, 0.29) is 17.6 Å². The van der Waals surface area contributed by atoms with Gasteiger partial charge in [-0.05, 0) is 25.1 Å². The van der Waals surface area contributed by atoms with Crippen LogP contribution in [0.15, 0.2) is 33.2 Å². The third-order valence-electron chi connectivity index (χ3n) is 2.62. The quantitative estimate of drug-likeness (QED) is 0.784. The predicted molar refractivity (Wildman–Crippen MR) is 78.9 cm³/mol. The summed E-state index contributed by atoms with van der Waals surface area (Å²) >= 11 is 11.8. The van der Waals surface area contributed by atoms with Crippen molar-refractivity contribution in [1.82, 2.24) is 15.4 Å². The zero-order valence-corrected chi connectivity index (χ0v) is 12.6. The average Bonchev–Trinajstić information content (AvgIpc) is 3.06. The van der Waals surface area contributed by atoms with Gasteiger partial charge in [0.2, 0.25) is 5.89 Å². The number of nitrogens with one attached hydrogen (secondary N) is 1. The van der Waals surface area contributed by atoms with Crippen molar-refractivity contribution in [2.24, 2.45) is 0 Å². The van der Waals surface area contributed by atoms with Crippen molar-refractivity contribution in [3.05, 3.63) is 45.8 Å². The molecule has 0 bridgehead atoms. The molecule has 0 aliphatic heterocycles. The van der Waals surface area contributed by atoms with Crippen molar-refractivity contribution in [2.75, 3.05) is 5.32 Å². The van der Waals surface area contributed by atoms with Gasteiger partial charge in [-0.1, -0.05) is 33.5 Å². The molecular weight excluding hydrogens is 331 g/mol. The van der Waals surface area contributed by atoms with Crippen molar-refractivity contribution < 1.29 is 13.7 Å². The van der Waals surface area contributed by atoms with E-state index in [1.165, 1.54) is 6.07 Å². The lowest BCUT2D eigenvalue weighted by molar-refractivity contribution is 0.101. The van der Waals surface area contributed by atoms with Gasteiger partial charge in [0.25, 0.3) is 5.91 Å². The van der Waals surface area contributed by atoms with Crippen LogP contribution in [-0.2, 0) is 0 Å². The van der Waals surface area contributed by atoms with Gasteiger partial charge in [-0.25, -0.2) is 0 Å². The van der Waals surface area contributed by atoms with Crippen LogP contribution in [-0.4, -0.2) is 21.3 Å². The van der Waals surface area contributed by atoms with Crippen LogP contribution >= 0.6 is 23.2 Å². The summed E-state index contributed by atoms with van der Waals surface area (Å²) in [6.45, 7) is 1.68. The van der Waals surface area contributed by atoms with Crippen molar-refractivity contribution in [2.45, 2.75) is 6.92 Å². The highest BCUT2D eigenvalue weighted by Gasteiger charge is 2.16. The Labute approximate surface area is 134 Å². The zero-order chi connectivity index (χ0) is 15.7. The van der Waals surface area contributed by atoms with E-state index in [1.54, 1.807) is 25.1 Å². The van der Waals surface area contributed by atoms with E-state index >= 15 is 0 Å². The molecule has 1 aromatic carbocycles. The van der Waals surface area contributed by atoms with Crippen LogP contribution in [0.4, 0.5) is 6.01 Å². The van der Waals surface area contributed by atoms with Crippen molar-refractivity contribution in [3.8, 4) is 11.5 Å². The van der Waals surface area contributed by atoms with Gasteiger partial charge in [-0.3, -0.25) is 10.1 Å². The second kappa shape index (κ2) is 5.78. The number of halogens is 2. The standard InChI is InChI=1S/C13H8Cl2N4O3/c1-6-2-10(19-22-6)11(20)16-13-18-17-12(21-13)7-3-8(14)5-9(15)4-7/h2-5H,1H3,(H,16,18,20). The summed E-state index contributed by atoms with van der Waals surface area (Å²) in [6.07, 6.45) is 0. The molecule has 0 aliphatic carbocycles. The third-order valence-corrected chi connectivity index (χ3v) is 3.05. The molecule has 1 N–H and O–H groups in total. The summed E-state index contributed by atoms with van der Waals surface area (Å²) in [7, 11) is 0. The number of aromatic nitrogens is 3. The molecule has 0 atom stereocenters. The van der Waals surface area contributed by atoms with Gasteiger partial charge in [0.1, 0.15) is 5.76 Å². The Hall–Kier alpha value is -2.38. The number of hydrogen-bond donors (Lipinski definition) is 1. The van der Waals surface area contributed by atoms with Crippen LogP contribution < -0.4 is 5.32 Å². The van der Waals surface area contributed by atoms with Crippen molar-refractivity contribution in [1.29, 1.82) is 0 Å². The largest absolute Gasteiger partial charge is 0.403 e. The summed E-state index contributed by atoms with van der Waals surface area (Å²) in [5.41, 5.74) is 0.658. The Balaban J connectivity index is 1.80. The minimum Gasteiger partial charge on any atom is -0.403 e. The van der Waals surface area contributed by atoms with Gasteiger partial charge in [-0.15, -0.1) is 5.10 Å². The maximum absolute atomic E-state index is 11.9. The lowest BCUT2D eigenvalue weighted by Crippen LogP contribution is -2.12. The summed E-state index contributed by atoms with van der Waals surface area (Å²) in [6, 6.07) is 6.24. The van der Waals surface area contributed by atoms with Gasteiger partial charge in [-0.2, -0.15) is 0 Å². The molecule has 0 spiro atoms. The molecule has 0 radical (unpaired) electrons. The first kappa shape index (κ1) is 14.6. The highest BCUT2D eigenvalue weighted by atomic mass is 35.5. The lowest BCUT2D eigenvalue weighted by Gasteiger charge is -1.98. The maximum Gasteiger partial charge on any atom is 0.322 e. The fourth-order valence-electron chi connectivity index (χ4n) is 1.70. The number of hydrogen-bond acceptors (Lipinski definition) is 6. The van der Waals surface area contributed by atoms with Crippen LogP contribution in [0, 0.1) is 6.92 Å². The molecule has 0 saturated heterocycles. The lowest BCUT2D eigenvalue weighted by atomic mass is 10.2. The monoisotopic (exact) mass is 338 g/mol. The van der Waals surface area contributed by atoms with Crippen LogP contribution in [0.1, 0.15) is 16.2 Å². The van der Waals surface area contributed by atoms with Crippen LogP contribution in [0.3, 0.4) is 0 Å². The molecule has 9 heteroatoms. The van der Waals surface area contributed by atoms with E-state index in [4.69, 9.17) is 32.1 Å². The Morgan fingerprint density at radius 3 is 2.50 bits per heavy atom. The number of carbonyl (C=O) groups is 1. The molecule has 22 heavy (non-hydrogen) atoms. The van der Waals surface area contributed by atoms with E-state index in [0.717, 1.165) is 0 Å². The molecule has 0 saturated carbocycles.